The third-order valence-corrected chi connectivity index (χ3v) is 6.02. The number of nitrogens with zero attached hydrogens (tertiary/aromatic N) is 2. The maximum absolute atomic E-state index is 12.8. The molecule has 2 fully saturated rings. The third-order valence-electron chi connectivity index (χ3n) is 5.28. The van der Waals surface area contributed by atoms with Gasteiger partial charge in [-0.3, -0.25) is 9.59 Å². The van der Waals surface area contributed by atoms with Crippen LogP contribution in [-0.4, -0.2) is 56.2 Å². The van der Waals surface area contributed by atoms with Crippen molar-refractivity contribution in [3.05, 3.63) is 24.3 Å². The van der Waals surface area contributed by atoms with Crippen LogP contribution in [0.3, 0.4) is 0 Å². The van der Waals surface area contributed by atoms with E-state index in [2.05, 4.69) is 5.32 Å². The first kappa shape index (κ1) is 18.3. The molecule has 1 atom stereocenters. The normalized spacial score (nSPS) is 21.8. The van der Waals surface area contributed by atoms with E-state index in [1.165, 1.54) is 4.90 Å². The minimum Gasteiger partial charge on any atom is -0.342 e. The van der Waals surface area contributed by atoms with Crippen LogP contribution in [0.2, 0.25) is 0 Å². The van der Waals surface area contributed by atoms with Gasteiger partial charge in [-0.1, -0.05) is 0 Å². The van der Waals surface area contributed by atoms with Crippen LogP contribution in [0.4, 0.5) is 5.69 Å². The molecule has 2 aliphatic heterocycles. The standard InChI is InChI=1S/C19H27N3O2S/c1-20-12-14-7-9-21(10-8-14)19(24)15-11-18(23)22(13-15)16-3-5-17(25-2)6-4-16/h3-6,14-15,20H,7-13H2,1-2H3. The number of rotatable bonds is 5. The van der Waals surface area contributed by atoms with Crippen LogP contribution in [0.5, 0.6) is 0 Å². The maximum atomic E-state index is 12.8. The quantitative estimate of drug-likeness (QED) is 0.817. The van der Waals surface area contributed by atoms with Gasteiger partial charge in [0.15, 0.2) is 0 Å². The van der Waals surface area contributed by atoms with Crippen LogP contribution in [0.1, 0.15) is 19.3 Å². The van der Waals surface area contributed by atoms with Gasteiger partial charge in [-0.2, -0.15) is 0 Å². The molecule has 1 N–H and O–H groups in total. The molecule has 3 rings (SSSR count). The second-order valence-electron chi connectivity index (χ2n) is 6.93. The molecule has 6 heteroatoms. The Morgan fingerprint density at radius 2 is 1.92 bits per heavy atom. The summed E-state index contributed by atoms with van der Waals surface area (Å²) in [6, 6.07) is 7.99. The Hall–Kier alpha value is -1.53. The first-order chi connectivity index (χ1) is 12.1. The number of carbonyl (C=O) groups excluding carboxylic acids is 2. The van der Waals surface area contributed by atoms with Gasteiger partial charge >= 0.3 is 0 Å². The molecule has 1 unspecified atom stereocenters. The monoisotopic (exact) mass is 361 g/mol. The summed E-state index contributed by atoms with van der Waals surface area (Å²) in [6.07, 6.45) is 4.46. The van der Waals surface area contributed by atoms with Crippen molar-refractivity contribution in [2.45, 2.75) is 24.2 Å². The van der Waals surface area contributed by atoms with Crippen molar-refractivity contribution < 1.29 is 9.59 Å². The minimum absolute atomic E-state index is 0.0559. The number of nitrogens with one attached hydrogen (secondary N) is 1. The molecule has 0 aliphatic carbocycles. The Balaban J connectivity index is 1.59. The summed E-state index contributed by atoms with van der Waals surface area (Å²) >= 11 is 1.68. The smallest absolute Gasteiger partial charge is 0.228 e. The van der Waals surface area contributed by atoms with Gasteiger partial charge in [0, 0.05) is 36.6 Å². The zero-order valence-electron chi connectivity index (χ0n) is 15.0. The van der Waals surface area contributed by atoms with Crippen LogP contribution < -0.4 is 10.2 Å². The summed E-state index contributed by atoms with van der Waals surface area (Å²) in [5.74, 6) is 0.666. The van der Waals surface area contributed by atoms with Gasteiger partial charge in [0.1, 0.15) is 0 Å². The maximum Gasteiger partial charge on any atom is 0.228 e. The molecule has 0 saturated carbocycles. The predicted molar refractivity (Wildman–Crippen MR) is 102 cm³/mol. The molecule has 2 amide bonds. The van der Waals surface area contributed by atoms with Gasteiger partial charge < -0.3 is 15.1 Å². The highest BCUT2D eigenvalue weighted by molar-refractivity contribution is 7.98. The van der Waals surface area contributed by atoms with Crippen molar-refractivity contribution in [1.82, 2.24) is 10.2 Å². The van der Waals surface area contributed by atoms with Crippen molar-refractivity contribution in [2.24, 2.45) is 11.8 Å². The first-order valence-corrected chi connectivity index (χ1v) is 10.2. The summed E-state index contributed by atoms with van der Waals surface area (Å²) in [5, 5.41) is 3.22. The van der Waals surface area contributed by atoms with E-state index in [9.17, 15) is 9.59 Å². The van der Waals surface area contributed by atoms with E-state index < -0.39 is 0 Å². The van der Waals surface area contributed by atoms with Gasteiger partial charge in [-0.05, 0) is 62.9 Å². The lowest BCUT2D eigenvalue weighted by Crippen LogP contribution is -2.43. The van der Waals surface area contributed by atoms with Crippen LogP contribution in [0.15, 0.2) is 29.2 Å². The molecule has 0 radical (unpaired) electrons. The van der Waals surface area contributed by atoms with Crippen LogP contribution in [0.25, 0.3) is 0 Å². The van der Waals surface area contributed by atoms with E-state index in [-0.39, 0.29) is 17.7 Å². The number of piperidine rings is 1. The average Bonchev–Trinajstić information content (AvgIpc) is 3.04. The lowest BCUT2D eigenvalue weighted by atomic mass is 9.95. The fourth-order valence-electron chi connectivity index (χ4n) is 3.79. The highest BCUT2D eigenvalue weighted by atomic mass is 32.2. The van der Waals surface area contributed by atoms with Gasteiger partial charge in [-0.15, -0.1) is 11.8 Å². The SMILES string of the molecule is CNCC1CCN(C(=O)C2CC(=O)N(c3ccc(SC)cc3)C2)CC1. The van der Waals surface area contributed by atoms with Gasteiger partial charge in [0.2, 0.25) is 11.8 Å². The fraction of sp³-hybridized carbons (Fsp3) is 0.579. The van der Waals surface area contributed by atoms with E-state index in [4.69, 9.17) is 0 Å². The van der Waals surface area contributed by atoms with Gasteiger partial charge in [-0.25, -0.2) is 0 Å². The molecule has 0 bridgehead atoms. The highest BCUT2D eigenvalue weighted by Gasteiger charge is 2.38. The second-order valence-corrected chi connectivity index (χ2v) is 7.81. The molecular formula is C19H27N3O2S. The summed E-state index contributed by atoms with van der Waals surface area (Å²) in [6.45, 7) is 3.16. The average molecular weight is 362 g/mol. The Kier molecular flexibility index (Phi) is 6.02. The number of thioether (sulfide) groups is 1. The second kappa shape index (κ2) is 8.23. The fourth-order valence-corrected chi connectivity index (χ4v) is 4.20. The molecular weight excluding hydrogens is 334 g/mol. The van der Waals surface area contributed by atoms with E-state index >= 15 is 0 Å². The zero-order chi connectivity index (χ0) is 17.8. The molecule has 1 aromatic rings. The molecule has 2 aliphatic rings. The summed E-state index contributed by atoms with van der Waals surface area (Å²) < 4.78 is 0. The Bertz CT molecular complexity index is 612. The molecule has 2 saturated heterocycles. The third kappa shape index (κ3) is 4.18. The summed E-state index contributed by atoms with van der Waals surface area (Å²) in [5.41, 5.74) is 0.894. The van der Waals surface area contributed by atoms with Crippen LogP contribution >= 0.6 is 11.8 Å². The summed E-state index contributed by atoms with van der Waals surface area (Å²) in [7, 11) is 1.97. The molecule has 2 heterocycles. The lowest BCUT2D eigenvalue weighted by molar-refractivity contribution is -0.137. The number of carbonyl (C=O) groups is 2. The molecule has 1 aromatic carbocycles. The molecule has 0 aromatic heterocycles. The van der Waals surface area contributed by atoms with Crippen molar-refractivity contribution >= 4 is 29.3 Å². The molecule has 25 heavy (non-hydrogen) atoms. The van der Waals surface area contributed by atoms with E-state index in [1.54, 1.807) is 16.7 Å². The van der Waals surface area contributed by atoms with E-state index in [0.717, 1.165) is 38.2 Å². The summed E-state index contributed by atoms with van der Waals surface area (Å²) in [4.78, 5) is 30.1. The van der Waals surface area contributed by atoms with Gasteiger partial charge in [0.05, 0.1) is 5.92 Å². The van der Waals surface area contributed by atoms with Crippen LogP contribution in [0, 0.1) is 11.8 Å². The first-order valence-electron chi connectivity index (χ1n) is 9.00. The van der Waals surface area contributed by atoms with Gasteiger partial charge in [0.25, 0.3) is 0 Å². The largest absolute Gasteiger partial charge is 0.342 e. The minimum atomic E-state index is -0.200. The van der Waals surface area contributed by atoms with E-state index in [0.29, 0.717) is 18.9 Å². The number of hydrogen-bond acceptors (Lipinski definition) is 4. The Labute approximate surface area is 154 Å². The highest BCUT2D eigenvalue weighted by Crippen LogP contribution is 2.29. The topological polar surface area (TPSA) is 52.7 Å². The Morgan fingerprint density at radius 1 is 1.24 bits per heavy atom. The lowest BCUT2D eigenvalue weighted by Gasteiger charge is -2.33. The molecule has 0 spiro atoms. The molecule has 136 valence electrons. The number of anilines is 1. The van der Waals surface area contributed by atoms with Crippen molar-refractivity contribution in [3.8, 4) is 0 Å². The number of hydrogen-bond donors (Lipinski definition) is 1. The van der Waals surface area contributed by atoms with Crippen molar-refractivity contribution in [1.29, 1.82) is 0 Å². The van der Waals surface area contributed by atoms with Crippen molar-refractivity contribution in [3.63, 3.8) is 0 Å². The predicted octanol–water partition coefficient (Wildman–Crippen LogP) is 2.22. The van der Waals surface area contributed by atoms with E-state index in [1.807, 2.05) is 42.5 Å². The Morgan fingerprint density at radius 3 is 2.52 bits per heavy atom. The van der Waals surface area contributed by atoms with Crippen molar-refractivity contribution in [2.75, 3.05) is 44.4 Å². The van der Waals surface area contributed by atoms with Crippen LogP contribution in [-0.2, 0) is 9.59 Å². The number of amides is 2. The molecule has 5 nitrogen and oxygen atoms in total. The number of benzene rings is 1. The number of likely N-dealkylation sites (tertiary alicyclic amines) is 1. The zero-order valence-corrected chi connectivity index (χ0v) is 15.8.